The van der Waals surface area contributed by atoms with Gasteiger partial charge in [-0.25, -0.2) is 0 Å². The SMILES string of the molecule is C[C@H](NC(c1c(O)ccc2ccccc12)C(F)(F)F)c1ccccc1. The standard InChI is InChI=1S/C20H18F3NO/c1-13(14-7-3-2-4-8-14)24-19(20(21,22)23)18-16-10-6-5-9-15(16)11-12-17(18)25/h2-13,19,24-25H,1H3/t13-,19?/m0/s1. The van der Waals surface area contributed by atoms with Crippen molar-refractivity contribution in [3.05, 3.63) is 77.9 Å². The van der Waals surface area contributed by atoms with Crippen molar-refractivity contribution in [2.75, 3.05) is 0 Å². The smallest absolute Gasteiger partial charge is 0.408 e. The Bertz CT molecular complexity index is 862. The van der Waals surface area contributed by atoms with Gasteiger partial charge in [-0.1, -0.05) is 60.7 Å². The van der Waals surface area contributed by atoms with Crippen molar-refractivity contribution in [1.82, 2.24) is 5.32 Å². The summed E-state index contributed by atoms with van der Waals surface area (Å²) in [6.07, 6.45) is -4.55. The van der Waals surface area contributed by atoms with E-state index in [0.29, 0.717) is 10.8 Å². The molecule has 0 spiro atoms. The maximum Gasteiger partial charge on any atom is 0.408 e. The lowest BCUT2D eigenvalue weighted by molar-refractivity contribution is -0.159. The van der Waals surface area contributed by atoms with E-state index in [0.717, 1.165) is 5.56 Å². The fourth-order valence-electron chi connectivity index (χ4n) is 3.02. The lowest BCUT2D eigenvalue weighted by Gasteiger charge is -2.27. The van der Waals surface area contributed by atoms with Gasteiger partial charge in [-0.3, -0.25) is 5.32 Å². The second-order valence-electron chi connectivity index (χ2n) is 5.99. The quantitative estimate of drug-likeness (QED) is 0.654. The van der Waals surface area contributed by atoms with E-state index in [1.165, 1.54) is 6.07 Å². The number of phenolic OH excluding ortho intramolecular Hbond substituents is 1. The molecule has 5 heteroatoms. The Labute approximate surface area is 143 Å². The Morgan fingerprint density at radius 3 is 2.20 bits per heavy atom. The van der Waals surface area contributed by atoms with Gasteiger partial charge >= 0.3 is 6.18 Å². The highest BCUT2D eigenvalue weighted by atomic mass is 19.4. The third kappa shape index (κ3) is 3.61. The zero-order chi connectivity index (χ0) is 18.0. The minimum atomic E-state index is -4.55. The van der Waals surface area contributed by atoms with Crippen molar-refractivity contribution in [3.8, 4) is 5.75 Å². The Hall–Kier alpha value is -2.53. The summed E-state index contributed by atoms with van der Waals surface area (Å²) in [5.41, 5.74) is 0.602. The summed E-state index contributed by atoms with van der Waals surface area (Å²) >= 11 is 0. The third-order valence-electron chi connectivity index (χ3n) is 4.28. The third-order valence-corrected chi connectivity index (χ3v) is 4.28. The maximum absolute atomic E-state index is 13.8. The zero-order valence-electron chi connectivity index (χ0n) is 13.6. The Morgan fingerprint density at radius 1 is 0.880 bits per heavy atom. The fraction of sp³-hybridized carbons (Fsp3) is 0.200. The monoisotopic (exact) mass is 345 g/mol. The van der Waals surface area contributed by atoms with Crippen LogP contribution in [0.1, 0.15) is 30.1 Å². The summed E-state index contributed by atoms with van der Waals surface area (Å²) in [5, 5.41) is 13.9. The maximum atomic E-state index is 13.8. The van der Waals surface area contributed by atoms with Gasteiger partial charge in [0, 0.05) is 11.6 Å². The molecule has 0 saturated carbocycles. The van der Waals surface area contributed by atoms with Crippen molar-refractivity contribution in [3.63, 3.8) is 0 Å². The highest BCUT2D eigenvalue weighted by Crippen LogP contribution is 2.42. The molecule has 0 bridgehead atoms. The molecule has 0 aliphatic carbocycles. The molecule has 0 heterocycles. The minimum Gasteiger partial charge on any atom is -0.508 e. The fourth-order valence-corrected chi connectivity index (χ4v) is 3.02. The second-order valence-corrected chi connectivity index (χ2v) is 5.99. The molecule has 0 aliphatic rings. The summed E-state index contributed by atoms with van der Waals surface area (Å²) in [7, 11) is 0. The molecule has 2 atom stereocenters. The molecular weight excluding hydrogens is 327 g/mol. The molecule has 0 aromatic heterocycles. The van der Waals surface area contributed by atoms with Gasteiger partial charge in [-0.15, -0.1) is 0 Å². The van der Waals surface area contributed by atoms with Gasteiger partial charge in [-0.2, -0.15) is 13.2 Å². The van der Waals surface area contributed by atoms with E-state index < -0.39 is 18.3 Å². The van der Waals surface area contributed by atoms with Gasteiger partial charge in [0.15, 0.2) is 0 Å². The summed E-state index contributed by atoms with van der Waals surface area (Å²) in [6.45, 7) is 1.68. The Morgan fingerprint density at radius 2 is 1.52 bits per heavy atom. The second kappa shape index (κ2) is 6.76. The Balaban J connectivity index is 2.07. The van der Waals surface area contributed by atoms with E-state index in [1.807, 2.05) is 6.07 Å². The lowest BCUT2D eigenvalue weighted by Crippen LogP contribution is -2.36. The van der Waals surface area contributed by atoms with Crippen LogP contribution in [-0.2, 0) is 0 Å². The molecule has 3 aromatic rings. The van der Waals surface area contributed by atoms with Gasteiger partial charge in [0.2, 0.25) is 0 Å². The van der Waals surface area contributed by atoms with Crippen molar-refractivity contribution in [1.29, 1.82) is 0 Å². The van der Waals surface area contributed by atoms with E-state index in [-0.39, 0.29) is 11.3 Å². The van der Waals surface area contributed by atoms with Gasteiger partial charge in [0.25, 0.3) is 0 Å². The zero-order valence-corrected chi connectivity index (χ0v) is 13.6. The predicted molar refractivity (Wildman–Crippen MR) is 92.4 cm³/mol. The van der Waals surface area contributed by atoms with Crippen LogP contribution in [0.25, 0.3) is 10.8 Å². The molecule has 1 unspecified atom stereocenters. The number of alkyl halides is 3. The van der Waals surface area contributed by atoms with Crippen molar-refractivity contribution < 1.29 is 18.3 Å². The first-order valence-corrected chi connectivity index (χ1v) is 7.96. The number of halogens is 3. The molecule has 0 saturated heterocycles. The number of fused-ring (bicyclic) bond motifs is 1. The Kier molecular flexibility index (Phi) is 4.68. The summed E-state index contributed by atoms with van der Waals surface area (Å²) in [5.74, 6) is -0.367. The topological polar surface area (TPSA) is 32.3 Å². The number of hydrogen-bond donors (Lipinski definition) is 2. The van der Waals surface area contributed by atoms with Crippen LogP contribution >= 0.6 is 0 Å². The summed E-state index contributed by atoms with van der Waals surface area (Å²) in [4.78, 5) is 0. The van der Waals surface area contributed by atoms with E-state index in [1.54, 1.807) is 61.5 Å². The number of aromatic hydroxyl groups is 1. The van der Waals surface area contributed by atoms with E-state index >= 15 is 0 Å². The lowest BCUT2D eigenvalue weighted by atomic mass is 9.96. The first kappa shape index (κ1) is 17.3. The number of nitrogens with one attached hydrogen (secondary N) is 1. The summed E-state index contributed by atoms with van der Waals surface area (Å²) in [6, 6.07) is 16.1. The van der Waals surface area contributed by atoms with Crippen molar-refractivity contribution >= 4 is 10.8 Å². The first-order valence-electron chi connectivity index (χ1n) is 7.96. The molecule has 25 heavy (non-hydrogen) atoms. The first-order chi connectivity index (χ1) is 11.9. The van der Waals surface area contributed by atoms with Gasteiger partial charge < -0.3 is 5.11 Å². The molecule has 0 radical (unpaired) electrons. The molecule has 0 fully saturated rings. The number of hydrogen-bond acceptors (Lipinski definition) is 2. The molecule has 0 amide bonds. The average molecular weight is 345 g/mol. The predicted octanol–water partition coefficient (Wildman–Crippen LogP) is 5.50. The minimum absolute atomic E-state index is 0.145. The van der Waals surface area contributed by atoms with Gasteiger partial charge in [0.1, 0.15) is 11.8 Å². The van der Waals surface area contributed by atoms with Gasteiger partial charge in [-0.05, 0) is 29.3 Å². The molecule has 130 valence electrons. The van der Waals surface area contributed by atoms with Crippen LogP contribution in [0.15, 0.2) is 66.7 Å². The molecule has 3 rings (SSSR count). The van der Waals surface area contributed by atoms with Crippen LogP contribution in [0.5, 0.6) is 5.75 Å². The van der Waals surface area contributed by atoms with Crippen LogP contribution in [-0.4, -0.2) is 11.3 Å². The largest absolute Gasteiger partial charge is 0.508 e. The summed E-state index contributed by atoms with van der Waals surface area (Å²) < 4.78 is 41.4. The molecule has 0 aliphatic heterocycles. The van der Waals surface area contributed by atoms with E-state index in [4.69, 9.17) is 0 Å². The van der Waals surface area contributed by atoms with Crippen LogP contribution in [0.2, 0.25) is 0 Å². The highest BCUT2D eigenvalue weighted by Gasteiger charge is 2.43. The van der Waals surface area contributed by atoms with E-state index in [9.17, 15) is 18.3 Å². The van der Waals surface area contributed by atoms with E-state index in [2.05, 4.69) is 5.32 Å². The molecule has 3 aromatic carbocycles. The molecular formula is C20H18F3NO. The number of benzene rings is 3. The molecule has 2 nitrogen and oxygen atoms in total. The van der Waals surface area contributed by atoms with Crippen LogP contribution in [0.4, 0.5) is 13.2 Å². The average Bonchev–Trinajstić information content (AvgIpc) is 2.60. The molecule has 2 N–H and O–H groups in total. The van der Waals surface area contributed by atoms with Crippen LogP contribution in [0, 0.1) is 0 Å². The van der Waals surface area contributed by atoms with Gasteiger partial charge in [0.05, 0.1) is 0 Å². The number of rotatable bonds is 4. The highest BCUT2D eigenvalue weighted by molar-refractivity contribution is 5.88. The van der Waals surface area contributed by atoms with Crippen molar-refractivity contribution in [2.24, 2.45) is 0 Å². The number of phenols is 1. The van der Waals surface area contributed by atoms with Crippen molar-refractivity contribution in [2.45, 2.75) is 25.2 Å². The normalized spacial score (nSPS) is 14.4. The van der Waals surface area contributed by atoms with Crippen LogP contribution in [0.3, 0.4) is 0 Å². The van der Waals surface area contributed by atoms with Crippen LogP contribution < -0.4 is 5.32 Å².